The quantitative estimate of drug-likeness (QED) is 0.0976. The van der Waals surface area contributed by atoms with Crippen LogP contribution >= 0.6 is 62.2 Å². The number of benzene rings is 4. The zero-order chi connectivity index (χ0) is 32.6. The number of carbonyl (C=O) groups is 3. The Morgan fingerprint density at radius 1 is 0.891 bits per heavy atom. The highest BCUT2D eigenvalue weighted by atomic mass is 79.9. The van der Waals surface area contributed by atoms with Crippen molar-refractivity contribution in [3.05, 3.63) is 134 Å². The van der Waals surface area contributed by atoms with E-state index in [1.165, 1.54) is 29.2 Å². The second kappa shape index (κ2) is 15.6. The Bertz CT molecular complexity index is 1900. The fourth-order valence-corrected chi connectivity index (χ4v) is 6.55. The molecule has 1 heterocycles. The molecule has 1 unspecified atom stereocenters. The topological polar surface area (TPSA) is 100 Å². The Kier molecular flexibility index (Phi) is 11.3. The first-order chi connectivity index (χ1) is 22.2. The minimum absolute atomic E-state index is 0.0550. The molecular weight excluding hydrogens is 727 g/mol. The van der Waals surface area contributed by atoms with E-state index in [-0.39, 0.29) is 11.6 Å². The van der Waals surface area contributed by atoms with Gasteiger partial charge >= 0.3 is 0 Å². The summed E-state index contributed by atoms with van der Waals surface area (Å²) in [7, 11) is 0. The van der Waals surface area contributed by atoms with E-state index in [9.17, 15) is 14.4 Å². The first-order valence-electron chi connectivity index (χ1n) is 13.8. The van der Waals surface area contributed by atoms with Crippen LogP contribution in [-0.4, -0.2) is 28.0 Å². The van der Waals surface area contributed by atoms with E-state index >= 15 is 0 Å². The summed E-state index contributed by atoms with van der Waals surface area (Å²) < 4.78 is 0.975. The van der Waals surface area contributed by atoms with Gasteiger partial charge in [-0.1, -0.05) is 81.6 Å². The van der Waals surface area contributed by atoms with Crippen LogP contribution in [0.15, 0.2) is 118 Å². The monoisotopic (exact) mass is 750 g/mol. The average Bonchev–Trinajstić information content (AvgIpc) is 3.51. The van der Waals surface area contributed by atoms with E-state index < -0.39 is 17.1 Å². The lowest BCUT2D eigenvalue weighted by Gasteiger charge is -2.14. The third-order valence-corrected chi connectivity index (χ3v) is 9.50. The Morgan fingerprint density at radius 3 is 2.30 bits per heavy atom. The summed E-state index contributed by atoms with van der Waals surface area (Å²) in [6, 6.07) is 28.4. The third kappa shape index (κ3) is 8.86. The number of rotatable bonds is 10. The molecule has 0 radical (unpaired) electrons. The van der Waals surface area contributed by atoms with Crippen LogP contribution in [0.5, 0.6) is 0 Å². The van der Waals surface area contributed by atoms with Crippen molar-refractivity contribution >= 4 is 96.8 Å². The molecule has 3 N–H and O–H groups in total. The first kappa shape index (κ1) is 33.4. The van der Waals surface area contributed by atoms with Crippen molar-refractivity contribution in [2.45, 2.75) is 17.1 Å². The zero-order valence-electron chi connectivity index (χ0n) is 24.1. The van der Waals surface area contributed by atoms with Gasteiger partial charge in [0.05, 0.1) is 10.9 Å². The Hall–Kier alpha value is -3.93. The van der Waals surface area contributed by atoms with E-state index in [2.05, 4.69) is 36.9 Å². The van der Waals surface area contributed by atoms with Gasteiger partial charge in [0.1, 0.15) is 5.70 Å². The fraction of sp³-hybridized carbons (Fsp3) is 0.0588. The second-order valence-electron chi connectivity index (χ2n) is 9.79. The molecule has 5 rings (SSSR count). The smallest absolute Gasteiger partial charge is 0.272 e. The normalized spacial score (nSPS) is 11.9. The summed E-state index contributed by atoms with van der Waals surface area (Å²) >= 11 is 18.8. The van der Waals surface area contributed by atoms with Crippen molar-refractivity contribution < 1.29 is 14.4 Å². The van der Waals surface area contributed by atoms with Crippen LogP contribution in [0.3, 0.4) is 0 Å². The third-order valence-electron chi connectivity index (χ3n) is 6.47. The number of nitrogens with zero attached hydrogens (tertiary/aromatic N) is 1. The summed E-state index contributed by atoms with van der Waals surface area (Å²) in [5.74, 6) is -1.27. The zero-order valence-corrected chi connectivity index (χ0v) is 28.8. The Labute approximate surface area is 292 Å². The highest BCUT2D eigenvalue weighted by Crippen LogP contribution is 2.30. The number of hydrogen-bond donors (Lipinski definition) is 3. The van der Waals surface area contributed by atoms with Crippen LogP contribution in [0, 0.1) is 0 Å². The largest absolute Gasteiger partial charge is 0.321 e. The van der Waals surface area contributed by atoms with Gasteiger partial charge < -0.3 is 16.0 Å². The molecule has 46 heavy (non-hydrogen) atoms. The average molecular weight is 753 g/mol. The number of carbonyl (C=O) groups excluding carboxylic acids is 3. The summed E-state index contributed by atoms with van der Waals surface area (Å²) in [5.41, 5.74) is 2.90. The number of thioether (sulfide) groups is 1. The molecular formula is C34H25BrCl2N4O3S2. The van der Waals surface area contributed by atoms with Crippen molar-refractivity contribution in [2.75, 3.05) is 10.6 Å². The van der Waals surface area contributed by atoms with Crippen LogP contribution < -0.4 is 16.0 Å². The molecule has 1 atom stereocenters. The molecule has 5 aromatic rings. The van der Waals surface area contributed by atoms with Gasteiger partial charge in [0.25, 0.3) is 11.8 Å². The molecule has 0 spiro atoms. The number of aromatic nitrogens is 1. The van der Waals surface area contributed by atoms with Crippen LogP contribution in [-0.2, 0) is 9.59 Å². The lowest BCUT2D eigenvalue weighted by molar-refractivity contribution is -0.115. The molecule has 3 amide bonds. The summed E-state index contributed by atoms with van der Waals surface area (Å²) in [5, 5.41) is 11.0. The van der Waals surface area contributed by atoms with Crippen molar-refractivity contribution in [2.24, 2.45) is 0 Å². The minimum Gasteiger partial charge on any atom is -0.321 e. The maximum Gasteiger partial charge on any atom is 0.272 e. The van der Waals surface area contributed by atoms with Crippen molar-refractivity contribution in [1.82, 2.24) is 10.3 Å². The molecule has 0 saturated heterocycles. The number of amides is 3. The molecule has 0 fully saturated rings. The van der Waals surface area contributed by atoms with Gasteiger partial charge in [0.2, 0.25) is 5.91 Å². The van der Waals surface area contributed by atoms with E-state index in [1.807, 2.05) is 35.7 Å². The Balaban J connectivity index is 1.27. The molecule has 1 aromatic heterocycles. The van der Waals surface area contributed by atoms with Gasteiger partial charge in [-0.3, -0.25) is 14.4 Å². The maximum absolute atomic E-state index is 13.5. The highest BCUT2D eigenvalue weighted by Gasteiger charge is 2.19. The van der Waals surface area contributed by atoms with Crippen LogP contribution in [0.2, 0.25) is 10.0 Å². The van der Waals surface area contributed by atoms with Gasteiger partial charge in [-0.2, -0.15) is 0 Å². The SMILES string of the molecule is CC(Sc1cccc(NC(=O)/C(=C\c2c(Cl)cccc2Cl)NC(=O)c2ccccc2)c1)C(=O)Nc1nc(-c2ccc(Br)cc2)cs1. The van der Waals surface area contributed by atoms with Gasteiger partial charge in [0.15, 0.2) is 5.13 Å². The lowest BCUT2D eigenvalue weighted by Crippen LogP contribution is -2.30. The number of anilines is 2. The summed E-state index contributed by atoms with van der Waals surface area (Å²) in [6.07, 6.45) is 1.44. The number of thiazole rings is 1. The van der Waals surface area contributed by atoms with Crippen molar-refractivity contribution in [3.63, 3.8) is 0 Å². The predicted octanol–water partition coefficient (Wildman–Crippen LogP) is 9.41. The van der Waals surface area contributed by atoms with Gasteiger partial charge in [0, 0.05) is 47.2 Å². The minimum atomic E-state index is -0.585. The molecule has 0 saturated carbocycles. The van der Waals surface area contributed by atoms with Crippen LogP contribution in [0.4, 0.5) is 10.8 Å². The van der Waals surface area contributed by atoms with E-state index in [0.717, 1.165) is 20.6 Å². The van der Waals surface area contributed by atoms with Gasteiger partial charge in [-0.25, -0.2) is 4.98 Å². The fourth-order valence-electron chi connectivity index (χ4n) is 4.13. The summed E-state index contributed by atoms with van der Waals surface area (Å²) in [6.45, 7) is 1.79. The Morgan fingerprint density at radius 2 is 1.59 bits per heavy atom. The van der Waals surface area contributed by atoms with Gasteiger partial charge in [-0.05, 0) is 67.6 Å². The van der Waals surface area contributed by atoms with Crippen molar-refractivity contribution in [1.29, 1.82) is 0 Å². The molecule has 0 aliphatic rings. The molecule has 4 aromatic carbocycles. The lowest BCUT2D eigenvalue weighted by atomic mass is 10.1. The highest BCUT2D eigenvalue weighted by molar-refractivity contribution is 9.10. The molecule has 0 aliphatic carbocycles. The van der Waals surface area contributed by atoms with E-state index in [0.29, 0.717) is 32.0 Å². The number of halogens is 3. The molecule has 0 aliphatic heterocycles. The van der Waals surface area contributed by atoms with Gasteiger partial charge in [-0.15, -0.1) is 23.1 Å². The number of hydrogen-bond acceptors (Lipinski definition) is 6. The maximum atomic E-state index is 13.5. The van der Waals surface area contributed by atoms with Crippen molar-refractivity contribution in [3.8, 4) is 11.3 Å². The van der Waals surface area contributed by atoms with E-state index in [4.69, 9.17) is 23.2 Å². The van der Waals surface area contributed by atoms with Crippen LogP contribution in [0.1, 0.15) is 22.8 Å². The molecule has 232 valence electrons. The van der Waals surface area contributed by atoms with E-state index in [1.54, 1.807) is 73.7 Å². The summed E-state index contributed by atoms with van der Waals surface area (Å²) in [4.78, 5) is 44.8. The van der Waals surface area contributed by atoms with Crippen LogP contribution in [0.25, 0.3) is 17.3 Å². The molecule has 7 nitrogen and oxygen atoms in total. The first-order valence-corrected chi connectivity index (χ1v) is 17.1. The predicted molar refractivity (Wildman–Crippen MR) is 193 cm³/mol. The molecule has 12 heteroatoms. The second-order valence-corrected chi connectivity index (χ2v) is 13.8. The molecule has 0 bridgehead atoms. The number of nitrogens with one attached hydrogen (secondary N) is 3. The standard InChI is InChI=1S/C34H25BrCl2N4O3S2/c1-20(31(42)41-34-40-30(19-45-34)21-13-15-23(35)16-14-21)46-25-10-5-9-24(17-25)38-33(44)29(18-26-27(36)11-6-12-28(26)37)39-32(43)22-7-3-2-4-8-22/h2-20H,1H3,(H,38,44)(H,39,43)(H,40,41,42)/b29-18+.